The first-order valence-electron chi connectivity index (χ1n) is 6.87. The maximum atomic E-state index is 12.1. The van der Waals surface area contributed by atoms with Crippen molar-refractivity contribution in [2.24, 2.45) is 11.8 Å². The minimum Gasteiger partial charge on any atom is -0.481 e. The first-order valence-corrected chi connectivity index (χ1v) is 8.23. The number of halogens is 1. The maximum Gasteiger partial charge on any atom is 0.308 e. The molecule has 0 aromatic heterocycles. The molecule has 0 saturated carbocycles. The van der Waals surface area contributed by atoms with E-state index in [4.69, 9.17) is 16.7 Å². The largest absolute Gasteiger partial charge is 0.481 e. The van der Waals surface area contributed by atoms with Gasteiger partial charge in [-0.1, -0.05) is 30.7 Å². The molecule has 0 radical (unpaired) electrons. The van der Waals surface area contributed by atoms with E-state index in [1.807, 2.05) is 31.2 Å². The third-order valence-electron chi connectivity index (χ3n) is 3.69. The lowest BCUT2D eigenvalue weighted by Crippen LogP contribution is -2.30. The summed E-state index contributed by atoms with van der Waals surface area (Å²) in [6, 6.07) is 7.53. The van der Waals surface area contributed by atoms with E-state index in [9.17, 15) is 9.59 Å². The predicted molar refractivity (Wildman–Crippen MR) is 83.7 cm³/mol. The number of nitrogens with zero attached hydrogens (tertiary/aromatic N) is 1. The molecule has 1 aromatic carbocycles. The number of carbonyl (C=O) groups excluding carboxylic acids is 1. The first-order chi connectivity index (χ1) is 9.99. The van der Waals surface area contributed by atoms with Crippen LogP contribution in [0, 0.1) is 11.8 Å². The van der Waals surface area contributed by atoms with E-state index in [-0.39, 0.29) is 11.8 Å². The molecule has 2 atom stereocenters. The lowest BCUT2D eigenvalue weighted by atomic mass is 9.99. The number of benzene rings is 1. The number of carbonyl (C=O) groups is 2. The summed E-state index contributed by atoms with van der Waals surface area (Å²) in [5.74, 6) is -0.577. The monoisotopic (exact) mass is 327 g/mol. The lowest BCUT2D eigenvalue weighted by molar-refractivity contribution is -0.142. The van der Waals surface area contributed by atoms with Crippen LogP contribution in [0.5, 0.6) is 0 Å². The van der Waals surface area contributed by atoms with Gasteiger partial charge in [0.25, 0.3) is 0 Å². The SMILES string of the molecule is C[C@@H]1CN(C(=O)CCSc2ccccc2Cl)C[C@H]1C(=O)O. The van der Waals surface area contributed by atoms with E-state index in [1.165, 1.54) is 0 Å². The molecule has 6 heteroatoms. The van der Waals surface area contributed by atoms with Crippen molar-refractivity contribution >= 4 is 35.2 Å². The standard InChI is InChI=1S/C15H18ClNO3S/c1-10-8-17(9-11(10)15(19)20)14(18)6-7-21-13-5-3-2-4-12(13)16/h2-5,10-11H,6-9H2,1H3,(H,19,20)/t10-,11-/m1/s1. The van der Waals surface area contributed by atoms with Gasteiger partial charge in [0.2, 0.25) is 5.91 Å². The number of carboxylic acid groups (broad SMARTS) is 1. The molecule has 0 unspecified atom stereocenters. The number of rotatable bonds is 5. The van der Waals surface area contributed by atoms with Crippen LogP contribution >= 0.6 is 23.4 Å². The van der Waals surface area contributed by atoms with Gasteiger partial charge in [0.15, 0.2) is 0 Å². The van der Waals surface area contributed by atoms with Crippen LogP contribution in [0.3, 0.4) is 0 Å². The molecule has 1 fully saturated rings. The number of aliphatic carboxylic acids is 1. The van der Waals surface area contributed by atoms with E-state index in [1.54, 1.807) is 16.7 Å². The van der Waals surface area contributed by atoms with Crippen molar-refractivity contribution in [1.29, 1.82) is 0 Å². The molecular formula is C15H18ClNO3S. The molecule has 114 valence electrons. The van der Waals surface area contributed by atoms with E-state index in [2.05, 4.69) is 0 Å². The molecule has 1 amide bonds. The molecule has 21 heavy (non-hydrogen) atoms. The average Bonchev–Trinajstić information content (AvgIpc) is 2.83. The van der Waals surface area contributed by atoms with Gasteiger partial charge in [-0.15, -0.1) is 11.8 Å². The van der Waals surface area contributed by atoms with Crippen LogP contribution in [0.2, 0.25) is 5.02 Å². The van der Waals surface area contributed by atoms with E-state index in [0.29, 0.717) is 30.3 Å². The van der Waals surface area contributed by atoms with Gasteiger partial charge < -0.3 is 10.0 Å². The summed E-state index contributed by atoms with van der Waals surface area (Å²) in [5, 5.41) is 9.77. The molecule has 4 nitrogen and oxygen atoms in total. The van der Waals surface area contributed by atoms with E-state index >= 15 is 0 Å². The Bertz CT molecular complexity index is 537. The van der Waals surface area contributed by atoms with Gasteiger partial charge in [0.1, 0.15) is 0 Å². The van der Waals surface area contributed by atoms with Gasteiger partial charge in [-0.2, -0.15) is 0 Å². The minimum atomic E-state index is -0.816. The van der Waals surface area contributed by atoms with Crippen molar-refractivity contribution in [2.45, 2.75) is 18.2 Å². The number of likely N-dealkylation sites (tertiary alicyclic amines) is 1. The Kier molecular flexibility index (Phi) is 5.53. The summed E-state index contributed by atoms with van der Waals surface area (Å²) in [6.45, 7) is 2.74. The Balaban J connectivity index is 1.81. The highest BCUT2D eigenvalue weighted by Crippen LogP contribution is 2.28. The molecule has 1 N–H and O–H groups in total. The third kappa shape index (κ3) is 4.14. The molecule has 1 aromatic rings. The number of amides is 1. The fraction of sp³-hybridized carbons (Fsp3) is 0.467. The zero-order chi connectivity index (χ0) is 15.4. The van der Waals surface area contributed by atoms with Gasteiger partial charge in [0, 0.05) is 30.2 Å². The highest BCUT2D eigenvalue weighted by Gasteiger charge is 2.36. The van der Waals surface area contributed by atoms with Crippen molar-refractivity contribution in [2.75, 3.05) is 18.8 Å². The fourth-order valence-corrected chi connectivity index (χ4v) is 3.64. The van der Waals surface area contributed by atoms with Crippen LogP contribution < -0.4 is 0 Å². The summed E-state index contributed by atoms with van der Waals surface area (Å²) in [7, 11) is 0. The molecule has 0 spiro atoms. The van der Waals surface area contributed by atoms with Gasteiger partial charge in [-0.05, 0) is 18.1 Å². The molecule has 0 aliphatic carbocycles. The second-order valence-electron chi connectivity index (χ2n) is 5.25. The average molecular weight is 328 g/mol. The summed E-state index contributed by atoms with van der Waals surface area (Å²) < 4.78 is 0. The summed E-state index contributed by atoms with van der Waals surface area (Å²) in [4.78, 5) is 25.8. The second kappa shape index (κ2) is 7.18. The van der Waals surface area contributed by atoms with Gasteiger partial charge in [-0.3, -0.25) is 9.59 Å². The number of hydrogen-bond acceptors (Lipinski definition) is 3. The van der Waals surface area contributed by atoms with Crippen molar-refractivity contribution < 1.29 is 14.7 Å². The van der Waals surface area contributed by atoms with Gasteiger partial charge in [0.05, 0.1) is 10.9 Å². The molecule has 1 heterocycles. The van der Waals surface area contributed by atoms with E-state index < -0.39 is 11.9 Å². The minimum absolute atomic E-state index is 0.0164. The molecule has 2 rings (SSSR count). The molecule has 1 aliphatic heterocycles. The smallest absolute Gasteiger partial charge is 0.308 e. The number of hydrogen-bond donors (Lipinski definition) is 1. The molecule has 1 saturated heterocycles. The Labute approximate surface area is 133 Å². The van der Waals surface area contributed by atoms with E-state index in [0.717, 1.165) is 4.90 Å². The summed E-state index contributed by atoms with van der Waals surface area (Å²) in [6.07, 6.45) is 0.398. The summed E-state index contributed by atoms with van der Waals surface area (Å²) >= 11 is 7.60. The quantitative estimate of drug-likeness (QED) is 0.845. The van der Waals surface area contributed by atoms with Crippen LogP contribution in [0.25, 0.3) is 0 Å². The zero-order valence-corrected chi connectivity index (χ0v) is 13.4. The molecule has 1 aliphatic rings. The van der Waals surface area contributed by atoms with Crippen LogP contribution in [-0.2, 0) is 9.59 Å². The van der Waals surface area contributed by atoms with Crippen LogP contribution in [0.4, 0.5) is 0 Å². The maximum absolute atomic E-state index is 12.1. The normalized spacial score (nSPS) is 21.5. The highest BCUT2D eigenvalue weighted by atomic mass is 35.5. The number of thioether (sulfide) groups is 1. The van der Waals surface area contributed by atoms with Crippen molar-refractivity contribution in [3.05, 3.63) is 29.3 Å². The Hall–Kier alpha value is -1.20. The first kappa shape index (κ1) is 16.2. The lowest BCUT2D eigenvalue weighted by Gasteiger charge is -2.15. The fourth-order valence-electron chi connectivity index (χ4n) is 2.46. The summed E-state index contributed by atoms with van der Waals surface area (Å²) in [5.41, 5.74) is 0. The van der Waals surface area contributed by atoms with Crippen LogP contribution in [0.1, 0.15) is 13.3 Å². The zero-order valence-electron chi connectivity index (χ0n) is 11.8. The molecular weight excluding hydrogens is 310 g/mol. The Morgan fingerprint density at radius 1 is 1.38 bits per heavy atom. The van der Waals surface area contributed by atoms with Crippen molar-refractivity contribution in [3.63, 3.8) is 0 Å². The molecule has 0 bridgehead atoms. The third-order valence-corrected chi connectivity index (χ3v) is 5.21. The van der Waals surface area contributed by atoms with Crippen LogP contribution in [-0.4, -0.2) is 40.7 Å². The second-order valence-corrected chi connectivity index (χ2v) is 6.79. The van der Waals surface area contributed by atoms with Gasteiger partial charge in [-0.25, -0.2) is 0 Å². The number of carboxylic acids is 1. The van der Waals surface area contributed by atoms with Crippen LogP contribution in [0.15, 0.2) is 29.2 Å². The Morgan fingerprint density at radius 3 is 2.71 bits per heavy atom. The predicted octanol–water partition coefficient (Wildman–Crippen LogP) is 3.00. The topological polar surface area (TPSA) is 57.6 Å². The Morgan fingerprint density at radius 2 is 2.10 bits per heavy atom. The van der Waals surface area contributed by atoms with Gasteiger partial charge >= 0.3 is 5.97 Å². The van der Waals surface area contributed by atoms with Crippen molar-refractivity contribution in [1.82, 2.24) is 4.90 Å². The van der Waals surface area contributed by atoms with Crippen molar-refractivity contribution in [3.8, 4) is 0 Å². The highest BCUT2D eigenvalue weighted by molar-refractivity contribution is 7.99.